The maximum atomic E-state index is 13.7. The number of carbonyl (C=O) groups is 4. The SMILES string of the molecule is CC(C)(C)OC(=O)N1CCC[C@H]1c1ncc(-c2ccc(Oc3ccc(-c4cnc(C5CCCC5)[nH]4)cc3)cc2)[nH]1.CC(C)[C@@H](C)C(=O)N1CCC[C@H]1c1ncc(-c2ccc(Oc3ccc(-c4cnc([C@@H]5CCCN5C(=O)[C@H](NC(=O)OC(C)(C)C)C(C)C)[nH]4)cc3)cc2)[nH]1.CN. The Labute approximate surface area is 564 Å². The smallest absolute Gasteiger partial charge is 0.410 e. The molecule has 510 valence electrons. The molecule has 8 aromatic rings. The van der Waals surface area contributed by atoms with E-state index in [1.165, 1.54) is 32.7 Å². The molecule has 0 unspecified atom stereocenters. The van der Waals surface area contributed by atoms with Gasteiger partial charge in [-0.1, -0.05) is 47.5 Å². The van der Waals surface area contributed by atoms with Gasteiger partial charge in [-0.05, 0) is 231 Å². The van der Waals surface area contributed by atoms with Crippen LogP contribution in [0, 0.1) is 17.8 Å². The molecule has 0 bridgehead atoms. The summed E-state index contributed by atoms with van der Waals surface area (Å²) in [5.74, 6) is 7.17. The normalized spacial score (nSPS) is 18.0. The molecule has 4 aromatic heterocycles. The number of alkyl carbamates (subject to hydrolysis) is 1. The maximum absolute atomic E-state index is 13.7. The van der Waals surface area contributed by atoms with Gasteiger partial charge in [-0.3, -0.25) is 14.5 Å². The second kappa shape index (κ2) is 30.7. The predicted octanol–water partition coefficient (Wildman–Crippen LogP) is 16.0. The summed E-state index contributed by atoms with van der Waals surface area (Å²) < 4.78 is 23.3. The van der Waals surface area contributed by atoms with Crippen LogP contribution >= 0.6 is 0 Å². The molecule has 5 atom stereocenters. The maximum Gasteiger partial charge on any atom is 0.410 e. The molecule has 96 heavy (non-hydrogen) atoms. The lowest BCUT2D eigenvalue weighted by molar-refractivity contribution is -0.137. The van der Waals surface area contributed by atoms with Crippen molar-refractivity contribution in [1.29, 1.82) is 0 Å². The molecule has 21 heteroatoms. The molecular weight excluding hydrogens is 1210 g/mol. The molecule has 1 saturated carbocycles. The van der Waals surface area contributed by atoms with Gasteiger partial charge in [0.25, 0.3) is 0 Å². The van der Waals surface area contributed by atoms with Crippen molar-refractivity contribution in [3.63, 3.8) is 0 Å². The van der Waals surface area contributed by atoms with Crippen molar-refractivity contribution < 1.29 is 38.1 Å². The van der Waals surface area contributed by atoms with E-state index in [0.29, 0.717) is 36.4 Å². The Morgan fingerprint density at radius 3 is 1.14 bits per heavy atom. The van der Waals surface area contributed by atoms with Crippen molar-refractivity contribution >= 4 is 24.0 Å². The van der Waals surface area contributed by atoms with Gasteiger partial charge in [-0.25, -0.2) is 29.5 Å². The summed E-state index contributed by atoms with van der Waals surface area (Å²) in [4.78, 5) is 90.1. The standard InChI is InChI=1S/C42H55N7O5.C32H37N5O3.CH5N/c1-25(2)27(5)39(50)48-21-9-11-34(48)37-43-23-32(45-37)28-13-17-30(18-14-28)53-31-19-15-29(16-20-31)33-24-44-38(46-33)35-12-10-22-49(35)40(51)36(26(3)4)47-41(52)54-42(6,7)8;1-32(2,3)40-31(38)37-18-6-9-28(37)30-34-20-27(36-30)22-12-16-25(17-13-22)39-24-14-10-21(11-15-24)26-19-33-29(35-26)23-7-4-5-8-23;1-2/h13-20,23-27,34-36H,9-12,21-22H2,1-8H3,(H,43,45)(H,44,46)(H,47,52);10-17,19-20,23,28H,4-9,18H2,1-3H3,(H,33,35)(H,34,36);2H2,1H3/t27-,34+,35+,36-;28-;/m10./s1. The molecule has 1 aliphatic carbocycles. The van der Waals surface area contributed by atoms with E-state index in [-0.39, 0.29) is 47.9 Å². The number of aromatic amines is 4. The van der Waals surface area contributed by atoms with Gasteiger partial charge in [0.05, 0.1) is 65.7 Å². The van der Waals surface area contributed by atoms with E-state index in [2.05, 4.69) is 76.9 Å². The van der Waals surface area contributed by atoms with Gasteiger partial charge in [0.15, 0.2) is 0 Å². The number of nitrogens with zero attached hydrogens (tertiary/aromatic N) is 7. The highest BCUT2D eigenvalue weighted by Crippen LogP contribution is 2.39. The van der Waals surface area contributed by atoms with Crippen LogP contribution in [0.25, 0.3) is 45.0 Å². The Hall–Kier alpha value is -9.24. The minimum atomic E-state index is -0.707. The quantitative estimate of drug-likeness (QED) is 0.0496. The summed E-state index contributed by atoms with van der Waals surface area (Å²) in [5.41, 5.74) is 11.0. The number of imidazole rings is 4. The first-order valence-corrected chi connectivity index (χ1v) is 34.2. The van der Waals surface area contributed by atoms with Crippen LogP contribution < -0.4 is 20.5 Å². The second-order valence-corrected chi connectivity index (χ2v) is 28.1. The lowest BCUT2D eigenvalue weighted by atomic mass is 9.96. The Morgan fingerprint density at radius 2 is 0.781 bits per heavy atom. The summed E-state index contributed by atoms with van der Waals surface area (Å²) >= 11 is 0. The molecule has 21 nitrogen and oxygen atoms in total. The van der Waals surface area contributed by atoms with Crippen LogP contribution in [0.3, 0.4) is 0 Å². The molecule has 4 fully saturated rings. The van der Waals surface area contributed by atoms with Crippen molar-refractivity contribution in [3.8, 4) is 68.0 Å². The van der Waals surface area contributed by atoms with Gasteiger partial charge in [0.2, 0.25) is 11.8 Å². The molecular formula is C75H97N13O8. The molecule has 4 aromatic carbocycles. The van der Waals surface area contributed by atoms with E-state index >= 15 is 0 Å². The molecule has 0 radical (unpaired) electrons. The van der Waals surface area contributed by atoms with E-state index in [9.17, 15) is 19.2 Å². The topological polar surface area (TPSA) is 268 Å². The van der Waals surface area contributed by atoms with Gasteiger partial charge in [-0.15, -0.1) is 0 Å². The van der Waals surface area contributed by atoms with Crippen molar-refractivity contribution in [2.45, 2.75) is 182 Å². The molecule has 3 saturated heterocycles. The second-order valence-electron chi connectivity index (χ2n) is 28.1. The van der Waals surface area contributed by atoms with E-state index in [4.69, 9.17) is 18.9 Å². The zero-order valence-corrected chi connectivity index (χ0v) is 57.8. The van der Waals surface area contributed by atoms with Crippen LogP contribution in [-0.4, -0.2) is 122 Å². The van der Waals surface area contributed by atoms with Gasteiger partial charge in [0, 0.05) is 31.5 Å². The first-order chi connectivity index (χ1) is 46.0. The third-order valence-electron chi connectivity index (χ3n) is 18.2. The zero-order chi connectivity index (χ0) is 68.4. The molecule has 4 aliphatic rings. The first-order valence-electron chi connectivity index (χ1n) is 34.2. The number of benzene rings is 4. The van der Waals surface area contributed by atoms with Crippen LogP contribution in [0.2, 0.25) is 0 Å². The van der Waals surface area contributed by atoms with Crippen LogP contribution in [-0.2, 0) is 19.1 Å². The van der Waals surface area contributed by atoms with Crippen molar-refractivity contribution in [2.75, 3.05) is 26.7 Å². The number of rotatable bonds is 17. The highest BCUT2D eigenvalue weighted by molar-refractivity contribution is 5.86. The number of hydrogen-bond acceptors (Lipinski definition) is 13. The minimum Gasteiger partial charge on any atom is -0.457 e. The van der Waals surface area contributed by atoms with E-state index in [0.717, 1.165) is 125 Å². The zero-order valence-electron chi connectivity index (χ0n) is 57.8. The highest BCUT2D eigenvalue weighted by atomic mass is 16.6. The summed E-state index contributed by atoms with van der Waals surface area (Å²) in [6, 6.07) is 30.6. The average molecular weight is 1310 g/mol. The fourth-order valence-electron chi connectivity index (χ4n) is 12.8. The molecule has 3 aliphatic heterocycles. The largest absolute Gasteiger partial charge is 0.457 e. The molecule has 4 amide bonds. The molecule has 0 spiro atoms. The number of nitrogens with one attached hydrogen (secondary N) is 5. The van der Waals surface area contributed by atoms with Crippen molar-refractivity contribution in [2.24, 2.45) is 23.5 Å². The van der Waals surface area contributed by atoms with Gasteiger partial charge in [0.1, 0.15) is 63.5 Å². The third-order valence-corrected chi connectivity index (χ3v) is 18.2. The lowest BCUT2D eigenvalue weighted by Crippen LogP contribution is -2.52. The third kappa shape index (κ3) is 17.2. The van der Waals surface area contributed by atoms with E-state index in [1.807, 2.05) is 155 Å². The number of nitrogens with two attached hydrogens (primary N) is 1. The first kappa shape index (κ1) is 69.6. The van der Waals surface area contributed by atoms with Gasteiger partial charge < -0.3 is 59.7 Å². The molecule has 7 heterocycles. The Kier molecular flexibility index (Phi) is 22.2. The number of likely N-dealkylation sites (tertiary alicyclic amines) is 3. The lowest BCUT2D eigenvalue weighted by Gasteiger charge is -2.31. The van der Waals surface area contributed by atoms with Crippen LogP contribution in [0.15, 0.2) is 122 Å². The summed E-state index contributed by atoms with van der Waals surface area (Å²) in [6.07, 6.45) is 16.8. The highest BCUT2D eigenvalue weighted by Gasteiger charge is 2.40. The number of aromatic nitrogens is 8. The average Bonchev–Trinajstić information content (AvgIpc) is 1.67. The molecule has 12 rings (SSSR count). The van der Waals surface area contributed by atoms with Gasteiger partial charge >= 0.3 is 12.2 Å². The van der Waals surface area contributed by atoms with Crippen LogP contribution in [0.4, 0.5) is 9.59 Å². The van der Waals surface area contributed by atoms with Gasteiger partial charge in [-0.2, -0.15) is 0 Å². The van der Waals surface area contributed by atoms with Crippen molar-refractivity contribution in [1.82, 2.24) is 59.9 Å². The van der Waals surface area contributed by atoms with Crippen LogP contribution in [0.5, 0.6) is 23.0 Å². The van der Waals surface area contributed by atoms with Crippen molar-refractivity contribution in [3.05, 3.63) is 145 Å². The van der Waals surface area contributed by atoms with Crippen LogP contribution in [0.1, 0.15) is 188 Å². The fourth-order valence-corrected chi connectivity index (χ4v) is 12.8. The number of carbonyl (C=O) groups excluding carboxylic acids is 4. The number of amides is 4. The molecule has 7 N–H and O–H groups in total. The Bertz CT molecular complexity index is 3850. The Morgan fingerprint density at radius 1 is 0.448 bits per heavy atom. The minimum absolute atomic E-state index is 0.0186. The number of H-pyrrole nitrogens is 4. The van der Waals surface area contributed by atoms with E-state index < -0.39 is 23.3 Å². The Balaban J connectivity index is 0.000000212. The summed E-state index contributed by atoms with van der Waals surface area (Å²) in [7, 11) is 1.50. The number of hydrogen-bond donors (Lipinski definition) is 6. The number of ether oxygens (including phenoxy) is 4. The predicted molar refractivity (Wildman–Crippen MR) is 372 cm³/mol. The van der Waals surface area contributed by atoms with E-state index in [1.54, 1.807) is 31.9 Å². The summed E-state index contributed by atoms with van der Waals surface area (Å²) in [5, 5.41) is 2.80. The fraction of sp³-hybridized carbons (Fsp3) is 0.467. The summed E-state index contributed by atoms with van der Waals surface area (Å²) in [6.45, 7) is 23.1. The monoisotopic (exact) mass is 1310 g/mol.